The fourth-order valence-electron chi connectivity index (χ4n) is 4.67. The van der Waals surface area contributed by atoms with Crippen LogP contribution < -0.4 is 4.18 Å². The van der Waals surface area contributed by atoms with Gasteiger partial charge in [-0.05, 0) is 53.6 Å². The van der Waals surface area contributed by atoms with Gasteiger partial charge in [0.05, 0.1) is 0 Å². The van der Waals surface area contributed by atoms with Crippen LogP contribution in [0.15, 0.2) is 30.3 Å². The number of rotatable bonds is 18. The Kier molecular flexibility index (Phi) is 13.6. The molecule has 0 aliphatic rings. The molecular weight excluding hydrogens is 416 g/mol. The summed E-state index contributed by atoms with van der Waals surface area (Å²) < 4.78 is 26.4. The van der Waals surface area contributed by atoms with Gasteiger partial charge in [0.25, 0.3) is 0 Å². The zero-order valence-corrected chi connectivity index (χ0v) is 21.2. The van der Waals surface area contributed by atoms with Crippen molar-refractivity contribution in [3.8, 4) is 5.75 Å². The molecule has 0 bridgehead atoms. The zero-order chi connectivity index (χ0) is 23.0. The van der Waals surface area contributed by atoms with Gasteiger partial charge in [-0.1, -0.05) is 115 Å². The summed E-state index contributed by atoms with van der Waals surface area (Å²) >= 11 is -2.30. The number of hydrogen-bond donors (Lipinski definition) is 1. The summed E-state index contributed by atoms with van der Waals surface area (Å²) in [6.45, 7) is 4.51. The van der Waals surface area contributed by atoms with Gasteiger partial charge in [-0.2, -0.15) is 4.21 Å². The van der Waals surface area contributed by atoms with E-state index >= 15 is 0 Å². The average molecular weight is 461 g/mol. The lowest BCUT2D eigenvalue weighted by Crippen LogP contribution is -2.05. The Balaban J connectivity index is 2.11. The van der Waals surface area contributed by atoms with Crippen molar-refractivity contribution in [2.75, 3.05) is 0 Å². The maximum absolute atomic E-state index is 11.5. The number of hydrogen-bond acceptors (Lipinski definition) is 2. The van der Waals surface area contributed by atoms with Crippen LogP contribution in [0.3, 0.4) is 0 Å². The Hall–Kier alpha value is -1.39. The second kappa shape index (κ2) is 16.3. The van der Waals surface area contributed by atoms with Crippen molar-refractivity contribution in [1.29, 1.82) is 0 Å². The summed E-state index contributed by atoms with van der Waals surface area (Å²) in [6, 6.07) is 10.3. The van der Waals surface area contributed by atoms with Crippen LogP contribution in [0.4, 0.5) is 0 Å². The SMILES string of the molecule is CCCCCCCCCc1c(OS(=O)O)cc2ccccc2c1CCCCCCCCC. The van der Waals surface area contributed by atoms with Crippen LogP contribution in [0.2, 0.25) is 0 Å². The predicted molar refractivity (Wildman–Crippen MR) is 139 cm³/mol. The average Bonchev–Trinajstić information content (AvgIpc) is 2.78. The summed E-state index contributed by atoms with van der Waals surface area (Å²) in [5.74, 6) is 0.591. The third-order valence-electron chi connectivity index (χ3n) is 6.46. The van der Waals surface area contributed by atoms with Crippen molar-refractivity contribution < 1.29 is 12.9 Å². The van der Waals surface area contributed by atoms with Gasteiger partial charge in [-0.25, -0.2) is 0 Å². The zero-order valence-electron chi connectivity index (χ0n) is 20.4. The van der Waals surface area contributed by atoms with E-state index in [2.05, 4.69) is 32.0 Å². The van der Waals surface area contributed by atoms with Crippen molar-refractivity contribution in [2.45, 2.75) is 117 Å². The molecule has 0 saturated heterocycles. The van der Waals surface area contributed by atoms with Crippen molar-refractivity contribution >= 4 is 22.1 Å². The molecule has 0 aliphatic heterocycles. The van der Waals surface area contributed by atoms with Crippen LogP contribution in [0.1, 0.15) is 115 Å². The van der Waals surface area contributed by atoms with Crippen LogP contribution in [-0.4, -0.2) is 8.76 Å². The van der Waals surface area contributed by atoms with E-state index in [0.717, 1.165) is 36.6 Å². The van der Waals surface area contributed by atoms with Crippen molar-refractivity contribution in [3.63, 3.8) is 0 Å². The first-order valence-corrected chi connectivity index (χ1v) is 14.0. The molecule has 2 rings (SSSR count). The smallest absolute Gasteiger partial charge is 0.357 e. The van der Waals surface area contributed by atoms with E-state index in [0.29, 0.717) is 5.75 Å². The topological polar surface area (TPSA) is 46.5 Å². The van der Waals surface area contributed by atoms with Gasteiger partial charge in [0.15, 0.2) is 0 Å². The van der Waals surface area contributed by atoms with E-state index in [1.807, 2.05) is 12.1 Å². The van der Waals surface area contributed by atoms with E-state index in [-0.39, 0.29) is 0 Å². The lowest BCUT2D eigenvalue weighted by atomic mass is 9.90. The van der Waals surface area contributed by atoms with Crippen molar-refractivity contribution in [2.24, 2.45) is 0 Å². The third-order valence-corrected chi connectivity index (χ3v) is 6.78. The third kappa shape index (κ3) is 9.62. The molecule has 1 atom stereocenters. The highest BCUT2D eigenvalue weighted by Gasteiger charge is 2.16. The first kappa shape index (κ1) is 26.9. The number of aryl methyl sites for hydroxylation is 1. The van der Waals surface area contributed by atoms with Gasteiger partial charge < -0.3 is 4.18 Å². The summed E-state index contributed by atoms with van der Waals surface area (Å²) in [4.78, 5) is 0. The standard InChI is InChI=1S/C28H44O3S/c1-3-5-7-9-11-13-15-21-26-25-20-18-17-19-24(25)23-28(31-32(29)30)27(26)22-16-14-12-10-8-6-4-2/h17-20,23H,3-16,21-22H2,1-2H3,(H,29,30). The molecule has 0 radical (unpaired) electrons. The van der Waals surface area contributed by atoms with E-state index in [1.165, 1.54) is 88.0 Å². The molecule has 4 heteroatoms. The molecule has 0 fully saturated rings. The minimum Gasteiger partial charge on any atom is -0.380 e. The molecular formula is C28H44O3S. The molecule has 0 spiro atoms. The molecule has 2 aromatic carbocycles. The lowest BCUT2D eigenvalue weighted by molar-refractivity contribution is 0.454. The van der Waals surface area contributed by atoms with Crippen molar-refractivity contribution in [1.82, 2.24) is 0 Å². The van der Waals surface area contributed by atoms with Gasteiger partial charge >= 0.3 is 11.4 Å². The molecule has 0 aliphatic carbocycles. The monoisotopic (exact) mass is 460 g/mol. The molecule has 0 heterocycles. The highest BCUT2D eigenvalue weighted by atomic mass is 32.2. The summed E-state index contributed by atoms with van der Waals surface area (Å²) in [5.41, 5.74) is 2.47. The predicted octanol–water partition coefficient (Wildman–Crippen LogP) is 8.94. The highest BCUT2D eigenvalue weighted by Crippen LogP contribution is 2.34. The number of fused-ring (bicyclic) bond motifs is 1. The molecule has 1 unspecified atom stereocenters. The highest BCUT2D eigenvalue weighted by molar-refractivity contribution is 7.74. The summed E-state index contributed by atoms with van der Waals surface area (Å²) in [6.07, 6.45) is 19.7. The van der Waals surface area contributed by atoms with E-state index < -0.39 is 11.4 Å². The van der Waals surface area contributed by atoms with Gasteiger partial charge in [0.1, 0.15) is 5.75 Å². The van der Waals surface area contributed by atoms with Gasteiger partial charge in [-0.15, -0.1) is 0 Å². The van der Waals surface area contributed by atoms with E-state index in [4.69, 9.17) is 4.18 Å². The van der Waals surface area contributed by atoms with E-state index in [9.17, 15) is 8.76 Å². The normalized spacial score (nSPS) is 12.3. The lowest BCUT2D eigenvalue weighted by Gasteiger charge is -2.17. The Bertz CT molecular complexity index is 803. The van der Waals surface area contributed by atoms with Gasteiger partial charge in [-0.3, -0.25) is 4.55 Å². The Morgan fingerprint density at radius 1 is 0.719 bits per heavy atom. The van der Waals surface area contributed by atoms with Crippen LogP contribution >= 0.6 is 0 Å². The molecule has 0 aromatic heterocycles. The number of unbranched alkanes of at least 4 members (excludes halogenated alkanes) is 12. The van der Waals surface area contributed by atoms with Crippen LogP contribution in [0.5, 0.6) is 5.75 Å². The van der Waals surface area contributed by atoms with Crippen molar-refractivity contribution in [3.05, 3.63) is 41.5 Å². The second-order valence-corrected chi connectivity index (χ2v) is 9.70. The molecule has 0 amide bonds. The molecule has 180 valence electrons. The maximum Gasteiger partial charge on any atom is 0.357 e. The minimum absolute atomic E-state index is 0.591. The Morgan fingerprint density at radius 3 is 1.78 bits per heavy atom. The quantitative estimate of drug-likeness (QED) is 0.178. The fourth-order valence-corrected chi connectivity index (χ4v) is 4.97. The van der Waals surface area contributed by atoms with Crippen LogP contribution in [0, 0.1) is 0 Å². The first-order chi connectivity index (χ1) is 15.7. The fraction of sp³-hybridized carbons (Fsp3) is 0.643. The molecule has 2 aromatic rings. The summed E-state index contributed by atoms with van der Waals surface area (Å²) in [7, 11) is 0. The van der Waals surface area contributed by atoms with Crippen LogP contribution in [0.25, 0.3) is 10.8 Å². The molecule has 1 N–H and O–H groups in total. The largest absolute Gasteiger partial charge is 0.380 e. The first-order valence-electron chi connectivity index (χ1n) is 13.0. The number of benzene rings is 2. The van der Waals surface area contributed by atoms with Gasteiger partial charge in [0, 0.05) is 0 Å². The Labute approximate surface area is 198 Å². The van der Waals surface area contributed by atoms with Crippen LogP contribution in [-0.2, 0) is 24.2 Å². The molecule has 3 nitrogen and oxygen atoms in total. The van der Waals surface area contributed by atoms with Gasteiger partial charge in [0.2, 0.25) is 0 Å². The van der Waals surface area contributed by atoms with E-state index in [1.54, 1.807) is 0 Å². The summed E-state index contributed by atoms with van der Waals surface area (Å²) in [5, 5.41) is 2.36. The minimum atomic E-state index is -2.30. The maximum atomic E-state index is 11.5. The Morgan fingerprint density at radius 2 is 1.22 bits per heavy atom. The molecule has 0 saturated carbocycles. The molecule has 32 heavy (non-hydrogen) atoms. The second-order valence-electron chi connectivity index (χ2n) is 9.10.